The van der Waals surface area contributed by atoms with Crippen LogP contribution in [0.1, 0.15) is 19.3 Å². The SMILES string of the molecule is Nc1cc(Br)ccc1Sc1cccc(NC(=O)CCCC(=O)Nc2cccc(Sc3ccc(Br)cc3N)c2)c1. The first-order chi connectivity index (χ1) is 18.7. The van der Waals surface area contributed by atoms with Gasteiger partial charge in [0, 0.05) is 64.1 Å². The van der Waals surface area contributed by atoms with Crippen molar-refractivity contribution in [2.75, 3.05) is 22.1 Å². The van der Waals surface area contributed by atoms with Gasteiger partial charge in [-0.1, -0.05) is 67.5 Å². The summed E-state index contributed by atoms with van der Waals surface area (Å²) in [5.41, 5.74) is 15.0. The Balaban J connectivity index is 1.23. The molecule has 0 bridgehead atoms. The molecule has 6 nitrogen and oxygen atoms in total. The quantitative estimate of drug-likeness (QED) is 0.125. The zero-order valence-electron chi connectivity index (χ0n) is 20.7. The maximum Gasteiger partial charge on any atom is 0.224 e. The van der Waals surface area contributed by atoms with Crippen LogP contribution in [0, 0.1) is 0 Å². The van der Waals surface area contributed by atoms with Gasteiger partial charge in [0.1, 0.15) is 0 Å². The highest BCUT2D eigenvalue weighted by molar-refractivity contribution is 9.10. The van der Waals surface area contributed by atoms with Gasteiger partial charge in [0.25, 0.3) is 0 Å². The summed E-state index contributed by atoms with van der Waals surface area (Å²) in [5.74, 6) is -0.280. The van der Waals surface area contributed by atoms with Gasteiger partial charge in [0.15, 0.2) is 0 Å². The van der Waals surface area contributed by atoms with E-state index in [2.05, 4.69) is 42.5 Å². The second-order valence-electron chi connectivity index (χ2n) is 8.57. The molecule has 200 valence electrons. The number of nitrogens with one attached hydrogen (secondary N) is 2. The van der Waals surface area contributed by atoms with Gasteiger partial charge in [-0.2, -0.15) is 0 Å². The lowest BCUT2D eigenvalue weighted by Gasteiger charge is -2.10. The fourth-order valence-corrected chi connectivity index (χ4v) is 6.17. The standard InChI is InChI=1S/C29H26Br2N4O2S2/c30-18-10-12-26(24(32)14-18)38-22-6-1-4-20(16-22)34-28(36)8-3-9-29(37)35-21-5-2-7-23(17-21)39-27-13-11-19(31)15-25(27)33/h1-2,4-7,10-17H,3,8-9,32-33H2,(H,34,36)(H,35,37). The Kier molecular flexibility index (Phi) is 10.4. The highest BCUT2D eigenvalue weighted by Gasteiger charge is 2.09. The Labute approximate surface area is 253 Å². The monoisotopic (exact) mass is 684 g/mol. The molecule has 0 spiro atoms. The number of hydrogen-bond acceptors (Lipinski definition) is 6. The second kappa shape index (κ2) is 13.9. The van der Waals surface area contributed by atoms with Gasteiger partial charge in [-0.05, 0) is 79.2 Å². The molecule has 2 amide bonds. The first-order valence-corrected chi connectivity index (χ1v) is 15.2. The van der Waals surface area contributed by atoms with Crippen molar-refractivity contribution in [2.24, 2.45) is 0 Å². The number of nitrogen functional groups attached to an aromatic ring is 2. The molecule has 0 saturated carbocycles. The molecule has 0 unspecified atom stereocenters. The van der Waals surface area contributed by atoms with Gasteiger partial charge in [-0.3, -0.25) is 9.59 Å². The topological polar surface area (TPSA) is 110 Å². The van der Waals surface area contributed by atoms with E-state index in [1.807, 2.05) is 84.9 Å². The predicted molar refractivity (Wildman–Crippen MR) is 169 cm³/mol. The van der Waals surface area contributed by atoms with E-state index in [1.54, 1.807) is 0 Å². The molecule has 0 aromatic heterocycles. The minimum atomic E-state index is -0.140. The van der Waals surface area contributed by atoms with Crippen molar-refractivity contribution in [3.05, 3.63) is 93.9 Å². The lowest BCUT2D eigenvalue weighted by molar-refractivity contribution is -0.117. The molecule has 0 atom stereocenters. The van der Waals surface area contributed by atoms with Crippen molar-refractivity contribution in [1.29, 1.82) is 0 Å². The van der Waals surface area contributed by atoms with Gasteiger partial charge in [0.2, 0.25) is 11.8 Å². The highest BCUT2D eigenvalue weighted by atomic mass is 79.9. The number of hydrogen-bond donors (Lipinski definition) is 4. The molecule has 4 aromatic carbocycles. The highest BCUT2D eigenvalue weighted by Crippen LogP contribution is 2.35. The Morgan fingerprint density at radius 1 is 0.641 bits per heavy atom. The largest absolute Gasteiger partial charge is 0.398 e. The summed E-state index contributed by atoms with van der Waals surface area (Å²) in [6, 6.07) is 26.7. The third kappa shape index (κ3) is 9.06. The maximum absolute atomic E-state index is 12.5. The van der Waals surface area contributed by atoms with Crippen molar-refractivity contribution in [3.63, 3.8) is 0 Å². The zero-order valence-corrected chi connectivity index (χ0v) is 25.6. The molecule has 0 fully saturated rings. The number of benzene rings is 4. The Morgan fingerprint density at radius 2 is 1.08 bits per heavy atom. The molecule has 4 rings (SSSR count). The molecule has 0 heterocycles. The van der Waals surface area contributed by atoms with Crippen LogP contribution in [0.25, 0.3) is 0 Å². The van der Waals surface area contributed by atoms with Crippen LogP contribution in [-0.2, 0) is 9.59 Å². The summed E-state index contributed by atoms with van der Waals surface area (Å²) in [7, 11) is 0. The summed E-state index contributed by atoms with van der Waals surface area (Å²) >= 11 is 9.89. The van der Waals surface area contributed by atoms with Crippen molar-refractivity contribution in [2.45, 2.75) is 38.8 Å². The van der Waals surface area contributed by atoms with Crippen LogP contribution in [-0.4, -0.2) is 11.8 Å². The van der Waals surface area contributed by atoms with Gasteiger partial charge >= 0.3 is 0 Å². The number of rotatable bonds is 10. The van der Waals surface area contributed by atoms with Crippen molar-refractivity contribution < 1.29 is 9.59 Å². The first-order valence-electron chi connectivity index (χ1n) is 12.0. The Morgan fingerprint density at radius 3 is 1.49 bits per heavy atom. The lowest BCUT2D eigenvalue weighted by atomic mass is 10.2. The van der Waals surface area contributed by atoms with E-state index in [1.165, 1.54) is 23.5 Å². The number of amides is 2. The van der Waals surface area contributed by atoms with Gasteiger partial charge in [0.05, 0.1) is 0 Å². The summed E-state index contributed by atoms with van der Waals surface area (Å²) < 4.78 is 1.85. The van der Waals surface area contributed by atoms with E-state index in [0.717, 1.165) is 28.5 Å². The van der Waals surface area contributed by atoms with E-state index in [4.69, 9.17) is 11.5 Å². The van der Waals surface area contributed by atoms with E-state index >= 15 is 0 Å². The molecule has 0 saturated heterocycles. The molecule has 4 aromatic rings. The number of nitrogens with two attached hydrogens (primary N) is 2. The van der Waals surface area contributed by atoms with Gasteiger partial charge < -0.3 is 22.1 Å². The Bertz CT molecular complexity index is 1390. The van der Waals surface area contributed by atoms with Crippen LogP contribution in [0.5, 0.6) is 0 Å². The minimum Gasteiger partial charge on any atom is -0.398 e. The van der Waals surface area contributed by atoms with Crippen molar-refractivity contribution in [1.82, 2.24) is 0 Å². The van der Waals surface area contributed by atoms with Crippen LogP contribution in [0.2, 0.25) is 0 Å². The zero-order chi connectivity index (χ0) is 27.8. The van der Waals surface area contributed by atoms with Gasteiger partial charge in [-0.25, -0.2) is 0 Å². The summed E-state index contributed by atoms with van der Waals surface area (Å²) in [6.07, 6.45) is 0.914. The molecule has 10 heteroatoms. The number of halogens is 2. The number of carbonyl (C=O) groups is 2. The summed E-state index contributed by atoms with van der Waals surface area (Å²) in [5, 5.41) is 5.83. The Hall–Kier alpha value is -2.92. The average Bonchev–Trinajstić information content (AvgIpc) is 2.88. The molecule has 0 aliphatic carbocycles. The molecule has 6 N–H and O–H groups in total. The predicted octanol–water partition coefficient (Wildman–Crippen LogP) is 8.43. The maximum atomic E-state index is 12.5. The normalized spacial score (nSPS) is 10.7. The smallest absolute Gasteiger partial charge is 0.224 e. The van der Waals surface area contributed by atoms with E-state index < -0.39 is 0 Å². The molecular formula is C29H26Br2N4O2S2. The molecule has 0 aliphatic rings. The van der Waals surface area contributed by atoms with Crippen molar-refractivity contribution in [3.8, 4) is 0 Å². The summed E-state index contributed by atoms with van der Waals surface area (Å²) in [4.78, 5) is 28.8. The fourth-order valence-electron chi connectivity index (χ4n) is 3.61. The molecule has 39 heavy (non-hydrogen) atoms. The van der Waals surface area contributed by atoms with E-state index in [9.17, 15) is 9.59 Å². The summed E-state index contributed by atoms with van der Waals surface area (Å²) in [6.45, 7) is 0. The number of anilines is 4. The van der Waals surface area contributed by atoms with Gasteiger partial charge in [-0.15, -0.1) is 0 Å². The molecule has 0 aliphatic heterocycles. The van der Waals surface area contributed by atoms with Crippen LogP contribution >= 0.6 is 55.4 Å². The minimum absolute atomic E-state index is 0.140. The molecule has 0 radical (unpaired) electrons. The third-order valence-electron chi connectivity index (χ3n) is 5.44. The molecular weight excluding hydrogens is 660 g/mol. The number of carbonyl (C=O) groups excluding carboxylic acids is 2. The average molecular weight is 686 g/mol. The van der Waals surface area contributed by atoms with Crippen LogP contribution in [0.4, 0.5) is 22.7 Å². The van der Waals surface area contributed by atoms with Crippen molar-refractivity contribution >= 4 is 89.9 Å². The van der Waals surface area contributed by atoms with Crippen LogP contribution < -0.4 is 22.1 Å². The van der Waals surface area contributed by atoms with Crippen LogP contribution in [0.15, 0.2) is 113 Å². The van der Waals surface area contributed by atoms with E-state index in [0.29, 0.717) is 29.2 Å². The second-order valence-corrected chi connectivity index (χ2v) is 12.6. The van der Waals surface area contributed by atoms with E-state index in [-0.39, 0.29) is 24.7 Å². The fraction of sp³-hybridized carbons (Fsp3) is 0.103. The van der Waals surface area contributed by atoms with Crippen LogP contribution in [0.3, 0.4) is 0 Å². The first kappa shape index (κ1) is 29.1. The lowest BCUT2D eigenvalue weighted by Crippen LogP contribution is -2.14. The third-order valence-corrected chi connectivity index (χ3v) is 8.59.